The van der Waals surface area contributed by atoms with E-state index in [1.165, 1.54) is 12.1 Å². The lowest BCUT2D eigenvalue weighted by Crippen LogP contribution is -2.38. The predicted octanol–water partition coefficient (Wildman–Crippen LogP) is 1.91. The maximum absolute atomic E-state index is 12.1. The van der Waals surface area contributed by atoms with Crippen molar-refractivity contribution in [2.45, 2.75) is 24.2 Å². The van der Waals surface area contributed by atoms with E-state index in [-0.39, 0.29) is 28.0 Å². The maximum Gasteiger partial charge on any atom is 0.340 e. The van der Waals surface area contributed by atoms with Crippen LogP contribution in [0.15, 0.2) is 23.1 Å². The van der Waals surface area contributed by atoms with E-state index in [2.05, 4.69) is 0 Å². The molecule has 1 heterocycles. The molecule has 1 aliphatic rings. The number of carbonyl (C=O) groups is 2. The van der Waals surface area contributed by atoms with Crippen LogP contribution in [0.1, 0.15) is 29.6 Å². The van der Waals surface area contributed by atoms with Gasteiger partial charge in [-0.25, -0.2) is 13.2 Å². The molecule has 1 aromatic carbocycles. The molecule has 0 spiro atoms. The molecule has 1 aliphatic heterocycles. The molecule has 0 aliphatic carbocycles. The summed E-state index contributed by atoms with van der Waals surface area (Å²) in [6.07, 6.45) is 4.02. The summed E-state index contributed by atoms with van der Waals surface area (Å²) < 4.78 is 28.1. The molecule has 6 nitrogen and oxygen atoms in total. The highest BCUT2D eigenvalue weighted by Crippen LogP contribution is 2.21. The Kier molecular flexibility index (Phi) is 5.64. The van der Waals surface area contributed by atoms with Crippen molar-refractivity contribution in [1.82, 2.24) is 4.90 Å². The van der Waals surface area contributed by atoms with Gasteiger partial charge in [0, 0.05) is 19.3 Å². The second kappa shape index (κ2) is 7.31. The minimum atomic E-state index is -3.47. The van der Waals surface area contributed by atoms with Crippen LogP contribution in [-0.2, 0) is 19.4 Å². The van der Waals surface area contributed by atoms with E-state index >= 15 is 0 Å². The Morgan fingerprint density at radius 2 is 1.87 bits per heavy atom. The summed E-state index contributed by atoms with van der Waals surface area (Å²) in [4.78, 5) is 25.7. The van der Waals surface area contributed by atoms with Gasteiger partial charge in [-0.1, -0.05) is 11.6 Å². The molecule has 0 radical (unpaired) electrons. The Morgan fingerprint density at radius 1 is 1.22 bits per heavy atom. The van der Waals surface area contributed by atoms with Crippen LogP contribution in [0.3, 0.4) is 0 Å². The van der Waals surface area contributed by atoms with E-state index in [9.17, 15) is 18.0 Å². The lowest BCUT2D eigenvalue weighted by Gasteiger charge is -2.26. The molecular weight excluding hydrogens is 342 g/mol. The van der Waals surface area contributed by atoms with E-state index < -0.39 is 15.8 Å². The van der Waals surface area contributed by atoms with Crippen LogP contribution in [0.4, 0.5) is 0 Å². The van der Waals surface area contributed by atoms with Crippen LogP contribution < -0.4 is 0 Å². The van der Waals surface area contributed by atoms with Crippen LogP contribution in [-0.4, -0.2) is 51.1 Å². The Balaban J connectivity index is 2.04. The number of amides is 1. The normalized spacial score (nSPS) is 15.3. The van der Waals surface area contributed by atoms with E-state index in [0.717, 1.165) is 31.6 Å². The average Bonchev–Trinajstić information content (AvgIpc) is 2.52. The zero-order chi connectivity index (χ0) is 17.0. The second-order valence-electron chi connectivity index (χ2n) is 5.43. The van der Waals surface area contributed by atoms with E-state index in [4.69, 9.17) is 16.3 Å². The van der Waals surface area contributed by atoms with E-state index in [0.29, 0.717) is 13.1 Å². The van der Waals surface area contributed by atoms with Gasteiger partial charge >= 0.3 is 5.97 Å². The monoisotopic (exact) mass is 359 g/mol. The number of piperidine rings is 1. The average molecular weight is 360 g/mol. The Bertz CT molecular complexity index is 711. The van der Waals surface area contributed by atoms with E-state index in [1.807, 2.05) is 0 Å². The van der Waals surface area contributed by atoms with Gasteiger partial charge < -0.3 is 9.64 Å². The van der Waals surface area contributed by atoms with Crippen molar-refractivity contribution in [1.29, 1.82) is 0 Å². The molecule has 126 valence electrons. The largest absolute Gasteiger partial charge is 0.452 e. The molecule has 1 saturated heterocycles. The van der Waals surface area contributed by atoms with Crippen molar-refractivity contribution >= 4 is 33.3 Å². The molecule has 23 heavy (non-hydrogen) atoms. The number of likely N-dealkylation sites (tertiary alicyclic amines) is 1. The lowest BCUT2D eigenvalue weighted by atomic mass is 10.1. The third kappa shape index (κ3) is 4.68. The first-order chi connectivity index (χ1) is 10.8. The summed E-state index contributed by atoms with van der Waals surface area (Å²) in [5, 5.41) is 0.0767. The molecule has 0 aromatic heterocycles. The van der Waals surface area contributed by atoms with Gasteiger partial charge in [0.2, 0.25) is 0 Å². The number of benzene rings is 1. The quantitative estimate of drug-likeness (QED) is 0.767. The number of hydrogen-bond acceptors (Lipinski definition) is 5. The minimum absolute atomic E-state index is 0.0313. The number of hydrogen-bond donors (Lipinski definition) is 0. The second-order valence-corrected chi connectivity index (χ2v) is 7.85. The number of esters is 1. The highest BCUT2D eigenvalue weighted by molar-refractivity contribution is 7.90. The standard InChI is InChI=1S/C15H18ClNO5S/c1-23(20,21)11-5-6-13(16)12(9-11)15(19)22-10-14(18)17-7-3-2-4-8-17/h5-6,9H,2-4,7-8,10H2,1H3. The van der Waals surface area contributed by atoms with Gasteiger partial charge in [0.1, 0.15) is 0 Å². The number of ether oxygens (including phenoxy) is 1. The minimum Gasteiger partial charge on any atom is -0.452 e. The molecule has 0 bridgehead atoms. The molecule has 0 unspecified atom stereocenters. The third-order valence-electron chi connectivity index (χ3n) is 3.62. The van der Waals surface area contributed by atoms with Gasteiger partial charge in [0.15, 0.2) is 16.4 Å². The van der Waals surface area contributed by atoms with Crippen LogP contribution in [0.25, 0.3) is 0 Å². The fraction of sp³-hybridized carbons (Fsp3) is 0.467. The van der Waals surface area contributed by atoms with Gasteiger partial charge in [-0.15, -0.1) is 0 Å². The number of rotatable bonds is 4. The summed E-state index contributed by atoms with van der Waals surface area (Å²) in [6, 6.07) is 3.79. The first kappa shape index (κ1) is 17.7. The van der Waals surface area contributed by atoms with Gasteiger partial charge in [0.05, 0.1) is 15.5 Å². The van der Waals surface area contributed by atoms with Crippen molar-refractivity contribution in [3.8, 4) is 0 Å². The molecule has 2 rings (SSSR count). The fourth-order valence-electron chi connectivity index (χ4n) is 2.33. The third-order valence-corrected chi connectivity index (χ3v) is 5.06. The van der Waals surface area contributed by atoms with Gasteiger partial charge in [-0.2, -0.15) is 0 Å². The molecular formula is C15H18ClNO5S. The number of carbonyl (C=O) groups excluding carboxylic acids is 2. The van der Waals surface area contributed by atoms with Crippen molar-refractivity contribution in [3.05, 3.63) is 28.8 Å². The highest BCUT2D eigenvalue weighted by atomic mass is 35.5. The summed E-state index contributed by atoms with van der Waals surface area (Å²) >= 11 is 5.91. The van der Waals surface area contributed by atoms with Crippen molar-refractivity contribution < 1.29 is 22.7 Å². The molecule has 0 atom stereocenters. The van der Waals surface area contributed by atoms with E-state index in [1.54, 1.807) is 4.90 Å². The number of nitrogens with zero attached hydrogens (tertiary/aromatic N) is 1. The Labute approximate surface area is 140 Å². The summed E-state index contributed by atoms with van der Waals surface area (Å²) in [7, 11) is -3.47. The SMILES string of the molecule is CS(=O)(=O)c1ccc(Cl)c(C(=O)OCC(=O)N2CCCCC2)c1. The van der Waals surface area contributed by atoms with Crippen LogP contribution in [0, 0.1) is 0 Å². The first-order valence-electron chi connectivity index (χ1n) is 7.23. The molecule has 0 N–H and O–H groups in total. The van der Waals surface area contributed by atoms with Gasteiger partial charge in [0.25, 0.3) is 5.91 Å². The number of sulfone groups is 1. The van der Waals surface area contributed by atoms with Gasteiger partial charge in [-0.05, 0) is 37.5 Å². The van der Waals surface area contributed by atoms with Crippen molar-refractivity contribution in [2.75, 3.05) is 26.0 Å². The predicted molar refractivity (Wildman–Crippen MR) is 85.3 cm³/mol. The number of halogens is 1. The van der Waals surface area contributed by atoms with Crippen LogP contribution in [0.5, 0.6) is 0 Å². The fourth-order valence-corrected chi connectivity index (χ4v) is 3.17. The van der Waals surface area contributed by atoms with Crippen molar-refractivity contribution in [3.63, 3.8) is 0 Å². The Morgan fingerprint density at radius 3 is 2.48 bits per heavy atom. The zero-order valence-corrected chi connectivity index (χ0v) is 14.3. The van der Waals surface area contributed by atoms with Gasteiger partial charge in [-0.3, -0.25) is 4.79 Å². The topological polar surface area (TPSA) is 80.7 Å². The smallest absolute Gasteiger partial charge is 0.340 e. The zero-order valence-electron chi connectivity index (χ0n) is 12.7. The molecule has 1 amide bonds. The summed E-state index contributed by atoms with van der Waals surface area (Å²) in [5.41, 5.74) is -0.0685. The molecule has 0 saturated carbocycles. The first-order valence-corrected chi connectivity index (χ1v) is 9.50. The Hall–Kier alpha value is -1.60. The maximum atomic E-state index is 12.1. The summed E-state index contributed by atoms with van der Waals surface area (Å²) in [5.74, 6) is -1.07. The lowest BCUT2D eigenvalue weighted by molar-refractivity contribution is -0.135. The highest BCUT2D eigenvalue weighted by Gasteiger charge is 2.20. The van der Waals surface area contributed by atoms with Crippen molar-refractivity contribution in [2.24, 2.45) is 0 Å². The molecule has 1 fully saturated rings. The molecule has 1 aromatic rings. The van der Waals surface area contributed by atoms with Crippen LogP contribution >= 0.6 is 11.6 Å². The molecule has 8 heteroatoms. The summed E-state index contributed by atoms with van der Waals surface area (Å²) in [6.45, 7) is 0.958. The van der Waals surface area contributed by atoms with Crippen LogP contribution in [0.2, 0.25) is 5.02 Å².